The van der Waals surface area contributed by atoms with E-state index in [1.165, 1.54) is 27.5 Å². The molecular weight excluding hydrogens is 240 g/mol. The van der Waals surface area contributed by atoms with E-state index in [1.807, 2.05) is 0 Å². The highest BCUT2D eigenvalue weighted by atomic mass is 14.1. The molecule has 0 bridgehead atoms. The van der Waals surface area contributed by atoms with Crippen LogP contribution in [0.4, 0.5) is 0 Å². The number of hydrogen-bond acceptors (Lipinski definition) is 0. The lowest BCUT2D eigenvalue weighted by Crippen LogP contribution is -1.95. The molecule has 0 saturated carbocycles. The molecule has 0 fully saturated rings. The summed E-state index contributed by atoms with van der Waals surface area (Å²) < 4.78 is 0. The van der Waals surface area contributed by atoms with E-state index in [0.717, 1.165) is 6.42 Å². The molecular formula is C20H20. The lowest BCUT2D eigenvalue weighted by Gasteiger charge is -2.10. The summed E-state index contributed by atoms with van der Waals surface area (Å²) in [5, 5.41) is 2.73. The fourth-order valence-corrected chi connectivity index (χ4v) is 2.78. The van der Waals surface area contributed by atoms with E-state index in [1.54, 1.807) is 0 Å². The van der Waals surface area contributed by atoms with Gasteiger partial charge in [0.15, 0.2) is 0 Å². The SMILES string of the molecule is CC(C)Cc1cccc2cc(-c3ccccc3)ccc12. The summed E-state index contributed by atoms with van der Waals surface area (Å²) >= 11 is 0. The Hall–Kier alpha value is -2.08. The molecule has 0 saturated heterocycles. The highest BCUT2D eigenvalue weighted by Gasteiger charge is 2.05. The quantitative estimate of drug-likeness (QED) is 0.566. The van der Waals surface area contributed by atoms with E-state index in [4.69, 9.17) is 0 Å². The summed E-state index contributed by atoms with van der Waals surface area (Å²) in [6.07, 6.45) is 1.14. The van der Waals surface area contributed by atoms with Crippen molar-refractivity contribution in [3.05, 3.63) is 72.3 Å². The van der Waals surface area contributed by atoms with Crippen molar-refractivity contribution in [1.82, 2.24) is 0 Å². The summed E-state index contributed by atoms with van der Waals surface area (Å²) in [7, 11) is 0. The van der Waals surface area contributed by atoms with E-state index in [2.05, 4.69) is 80.6 Å². The highest BCUT2D eigenvalue weighted by molar-refractivity contribution is 5.89. The van der Waals surface area contributed by atoms with Gasteiger partial charge in [-0.2, -0.15) is 0 Å². The number of rotatable bonds is 3. The van der Waals surface area contributed by atoms with Crippen LogP contribution in [0.3, 0.4) is 0 Å². The zero-order valence-electron chi connectivity index (χ0n) is 12.1. The van der Waals surface area contributed by atoms with Crippen molar-refractivity contribution < 1.29 is 0 Å². The van der Waals surface area contributed by atoms with E-state index < -0.39 is 0 Å². The summed E-state index contributed by atoms with van der Waals surface area (Å²) in [4.78, 5) is 0. The van der Waals surface area contributed by atoms with Gasteiger partial charge in [-0.3, -0.25) is 0 Å². The second kappa shape index (κ2) is 5.50. The molecule has 0 heteroatoms. The highest BCUT2D eigenvalue weighted by Crippen LogP contribution is 2.27. The minimum Gasteiger partial charge on any atom is -0.0625 e. The Bertz CT molecular complexity index is 708. The molecule has 0 aliphatic heterocycles. The van der Waals surface area contributed by atoms with Gasteiger partial charge in [-0.05, 0) is 45.9 Å². The molecule has 100 valence electrons. The smallest absolute Gasteiger partial charge is 0.0151 e. The third kappa shape index (κ3) is 2.60. The predicted octanol–water partition coefficient (Wildman–Crippen LogP) is 5.71. The van der Waals surface area contributed by atoms with Gasteiger partial charge in [-0.25, -0.2) is 0 Å². The van der Waals surface area contributed by atoms with Crippen LogP contribution in [0, 0.1) is 5.92 Å². The summed E-state index contributed by atoms with van der Waals surface area (Å²) in [6.45, 7) is 4.55. The average Bonchev–Trinajstić information content (AvgIpc) is 2.47. The summed E-state index contributed by atoms with van der Waals surface area (Å²) in [5.74, 6) is 0.689. The van der Waals surface area contributed by atoms with Crippen molar-refractivity contribution >= 4 is 10.8 Å². The predicted molar refractivity (Wildman–Crippen MR) is 87.9 cm³/mol. The molecule has 0 nitrogen and oxygen atoms in total. The van der Waals surface area contributed by atoms with Gasteiger partial charge in [0.1, 0.15) is 0 Å². The molecule has 0 atom stereocenters. The lowest BCUT2D eigenvalue weighted by atomic mass is 9.94. The standard InChI is InChI=1S/C20H20/c1-15(2)13-18-9-6-10-19-14-17(11-12-20(18)19)16-7-4-3-5-8-16/h3-12,14-15H,13H2,1-2H3. The zero-order valence-corrected chi connectivity index (χ0v) is 12.1. The third-order valence-electron chi connectivity index (χ3n) is 3.71. The molecule has 0 aliphatic carbocycles. The van der Waals surface area contributed by atoms with Crippen LogP contribution in [0.1, 0.15) is 19.4 Å². The van der Waals surface area contributed by atoms with E-state index in [-0.39, 0.29) is 0 Å². The normalized spacial score (nSPS) is 11.2. The van der Waals surface area contributed by atoms with Crippen molar-refractivity contribution in [2.45, 2.75) is 20.3 Å². The van der Waals surface area contributed by atoms with Crippen molar-refractivity contribution in [3.63, 3.8) is 0 Å². The van der Waals surface area contributed by atoms with Crippen molar-refractivity contribution in [1.29, 1.82) is 0 Å². The minimum atomic E-state index is 0.689. The van der Waals surface area contributed by atoms with Crippen LogP contribution < -0.4 is 0 Å². The van der Waals surface area contributed by atoms with Gasteiger partial charge in [0.25, 0.3) is 0 Å². The Morgan fingerprint density at radius 3 is 2.30 bits per heavy atom. The van der Waals surface area contributed by atoms with Crippen LogP contribution in [-0.2, 0) is 6.42 Å². The molecule has 0 unspecified atom stereocenters. The fraction of sp³-hybridized carbons (Fsp3) is 0.200. The van der Waals surface area contributed by atoms with Gasteiger partial charge < -0.3 is 0 Å². The molecule has 0 radical (unpaired) electrons. The van der Waals surface area contributed by atoms with Gasteiger partial charge in [0, 0.05) is 0 Å². The number of fused-ring (bicyclic) bond motifs is 1. The minimum absolute atomic E-state index is 0.689. The first-order chi connectivity index (χ1) is 9.74. The monoisotopic (exact) mass is 260 g/mol. The van der Waals surface area contributed by atoms with Gasteiger partial charge in [0.05, 0.1) is 0 Å². The van der Waals surface area contributed by atoms with Crippen LogP contribution >= 0.6 is 0 Å². The zero-order chi connectivity index (χ0) is 13.9. The molecule has 3 aromatic carbocycles. The fourth-order valence-electron chi connectivity index (χ4n) is 2.78. The second-order valence-electron chi connectivity index (χ2n) is 5.82. The maximum absolute atomic E-state index is 2.30. The van der Waals surface area contributed by atoms with Crippen LogP contribution in [0.2, 0.25) is 0 Å². The Balaban J connectivity index is 2.09. The molecule has 20 heavy (non-hydrogen) atoms. The molecule has 3 aromatic rings. The first-order valence-electron chi connectivity index (χ1n) is 7.31. The van der Waals surface area contributed by atoms with Crippen LogP contribution in [0.15, 0.2) is 66.7 Å². The van der Waals surface area contributed by atoms with Crippen LogP contribution in [0.5, 0.6) is 0 Å². The summed E-state index contributed by atoms with van der Waals surface area (Å²) in [6, 6.07) is 24.0. The average molecular weight is 260 g/mol. The van der Waals surface area contributed by atoms with E-state index in [9.17, 15) is 0 Å². The Labute approximate surface area is 121 Å². The van der Waals surface area contributed by atoms with Gasteiger partial charge in [-0.1, -0.05) is 74.5 Å². The maximum atomic E-state index is 2.30. The van der Waals surface area contributed by atoms with Gasteiger partial charge in [0.2, 0.25) is 0 Å². The molecule has 0 heterocycles. The molecule has 3 rings (SSSR count). The second-order valence-corrected chi connectivity index (χ2v) is 5.82. The Morgan fingerprint density at radius 2 is 1.55 bits per heavy atom. The maximum Gasteiger partial charge on any atom is -0.0151 e. The first kappa shape index (κ1) is 12.9. The summed E-state index contributed by atoms with van der Waals surface area (Å²) in [5.41, 5.74) is 4.03. The molecule has 0 spiro atoms. The number of benzene rings is 3. The Kier molecular flexibility index (Phi) is 3.56. The van der Waals surface area contributed by atoms with Crippen molar-refractivity contribution in [2.75, 3.05) is 0 Å². The number of hydrogen-bond donors (Lipinski definition) is 0. The van der Waals surface area contributed by atoms with Crippen molar-refractivity contribution in [2.24, 2.45) is 5.92 Å². The molecule has 0 aromatic heterocycles. The van der Waals surface area contributed by atoms with Gasteiger partial charge in [-0.15, -0.1) is 0 Å². The third-order valence-corrected chi connectivity index (χ3v) is 3.71. The van der Waals surface area contributed by atoms with Gasteiger partial charge >= 0.3 is 0 Å². The Morgan fingerprint density at radius 1 is 0.750 bits per heavy atom. The van der Waals surface area contributed by atoms with E-state index in [0.29, 0.717) is 5.92 Å². The largest absolute Gasteiger partial charge is 0.0625 e. The van der Waals surface area contributed by atoms with Crippen LogP contribution in [-0.4, -0.2) is 0 Å². The molecule has 0 aliphatic rings. The van der Waals surface area contributed by atoms with Crippen LogP contribution in [0.25, 0.3) is 21.9 Å². The molecule has 0 amide bonds. The van der Waals surface area contributed by atoms with E-state index >= 15 is 0 Å². The molecule has 0 N–H and O–H groups in total. The van der Waals surface area contributed by atoms with Crippen molar-refractivity contribution in [3.8, 4) is 11.1 Å². The lowest BCUT2D eigenvalue weighted by molar-refractivity contribution is 0.650. The topological polar surface area (TPSA) is 0 Å². The first-order valence-corrected chi connectivity index (χ1v) is 7.31.